The Kier molecular flexibility index (Phi) is 2.60. The molecule has 0 heterocycles. The van der Waals surface area contributed by atoms with E-state index >= 15 is 0 Å². The minimum atomic E-state index is -0.285. The highest BCUT2D eigenvalue weighted by atomic mass is 19.1. The number of rotatable bonds is 1. The Morgan fingerprint density at radius 1 is 1.42 bits per heavy atom. The first kappa shape index (κ1) is 8.48. The van der Waals surface area contributed by atoms with Crippen molar-refractivity contribution in [1.82, 2.24) is 0 Å². The third-order valence-corrected chi connectivity index (χ3v) is 1.56. The van der Waals surface area contributed by atoms with E-state index in [0.29, 0.717) is 5.57 Å². The van der Waals surface area contributed by atoms with Crippen LogP contribution in [-0.2, 0) is 0 Å². The maximum Gasteiger partial charge on any atom is 0.123 e. The van der Waals surface area contributed by atoms with Gasteiger partial charge in [0.05, 0.1) is 11.6 Å². The summed E-state index contributed by atoms with van der Waals surface area (Å²) >= 11 is 0. The van der Waals surface area contributed by atoms with Gasteiger partial charge in [-0.2, -0.15) is 5.26 Å². The van der Waals surface area contributed by atoms with Gasteiger partial charge in [0.15, 0.2) is 0 Å². The van der Waals surface area contributed by atoms with E-state index in [9.17, 15) is 4.39 Å². The highest BCUT2D eigenvalue weighted by Gasteiger charge is 1.97. The fourth-order valence-corrected chi connectivity index (χ4v) is 0.925. The Bertz CT molecular complexity index is 330. The van der Waals surface area contributed by atoms with Gasteiger partial charge in [0, 0.05) is 0 Å². The van der Waals surface area contributed by atoms with Gasteiger partial charge in [-0.15, -0.1) is 0 Å². The van der Waals surface area contributed by atoms with Crippen LogP contribution in [0.15, 0.2) is 30.3 Å². The first-order valence-electron chi connectivity index (χ1n) is 3.60. The Morgan fingerprint density at radius 2 is 2.00 bits per heavy atom. The van der Waals surface area contributed by atoms with Gasteiger partial charge < -0.3 is 0 Å². The van der Waals surface area contributed by atoms with Crippen LogP contribution in [0.5, 0.6) is 0 Å². The second-order valence-electron chi connectivity index (χ2n) is 2.32. The second-order valence-corrected chi connectivity index (χ2v) is 2.32. The van der Waals surface area contributed by atoms with Crippen LogP contribution < -0.4 is 0 Å². The molecular weight excluding hydrogens is 153 g/mol. The number of halogens is 1. The average molecular weight is 161 g/mol. The van der Waals surface area contributed by atoms with Crippen LogP contribution in [-0.4, -0.2) is 0 Å². The molecule has 2 heteroatoms. The summed E-state index contributed by atoms with van der Waals surface area (Å²) in [7, 11) is 0. The zero-order chi connectivity index (χ0) is 8.97. The van der Waals surface area contributed by atoms with Gasteiger partial charge in [-0.3, -0.25) is 0 Å². The van der Waals surface area contributed by atoms with Crippen molar-refractivity contribution in [2.75, 3.05) is 0 Å². The summed E-state index contributed by atoms with van der Waals surface area (Å²) < 4.78 is 12.5. The van der Waals surface area contributed by atoms with E-state index < -0.39 is 0 Å². The zero-order valence-corrected chi connectivity index (χ0v) is 6.71. The zero-order valence-electron chi connectivity index (χ0n) is 6.71. The van der Waals surface area contributed by atoms with Gasteiger partial charge in [-0.05, 0) is 24.6 Å². The SMILES string of the molecule is C/C=C(/C#N)c1ccc(F)cc1. The summed E-state index contributed by atoms with van der Waals surface area (Å²) in [5.74, 6) is -0.285. The molecule has 0 unspecified atom stereocenters. The molecule has 12 heavy (non-hydrogen) atoms. The first-order chi connectivity index (χ1) is 5.77. The molecule has 1 rings (SSSR count). The van der Waals surface area contributed by atoms with Crippen molar-refractivity contribution in [2.45, 2.75) is 6.92 Å². The monoisotopic (exact) mass is 161 g/mol. The van der Waals surface area contributed by atoms with E-state index in [2.05, 4.69) is 0 Å². The van der Waals surface area contributed by atoms with Crippen molar-refractivity contribution in [2.24, 2.45) is 0 Å². The van der Waals surface area contributed by atoms with Crippen molar-refractivity contribution in [3.8, 4) is 6.07 Å². The summed E-state index contributed by atoms with van der Waals surface area (Å²) in [4.78, 5) is 0. The number of nitrogens with zero attached hydrogens (tertiary/aromatic N) is 1. The molecule has 1 aromatic carbocycles. The van der Waals surface area contributed by atoms with Gasteiger partial charge >= 0.3 is 0 Å². The summed E-state index contributed by atoms with van der Waals surface area (Å²) in [6.07, 6.45) is 1.70. The molecule has 0 bridgehead atoms. The van der Waals surface area contributed by atoms with E-state index in [-0.39, 0.29) is 5.82 Å². The van der Waals surface area contributed by atoms with Crippen molar-refractivity contribution >= 4 is 5.57 Å². The molecule has 0 fully saturated rings. The van der Waals surface area contributed by atoms with Crippen LogP contribution in [0.1, 0.15) is 12.5 Å². The molecule has 0 spiro atoms. The highest BCUT2D eigenvalue weighted by Crippen LogP contribution is 2.13. The van der Waals surface area contributed by atoms with E-state index in [1.165, 1.54) is 12.1 Å². The van der Waals surface area contributed by atoms with Crippen molar-refractivity contribution in [1.29, 1.82) is 5.26 Å². The third-order valence-electron chi connectivity index (χ3n) is 1.56. The third kappa shape index (κ3) is 1.70. The number of allylic oxidation sites excluding steroid dienone is 2. The van der Waals surface area contributed by atoms with Crippen LogP contribution in [0, 0.1) is 17.1 Å². The van der Waals surface area contributed by atoms with Crippen LogP contribution in [0.3, 0.4) is 0 Å². The molecule has 60 valence electrons. The Hall–Kier alpha value is -1.62. The lowest BCUT2D eigenvalue weighted by molar-refractivity contribution is 0.627. The molecular formula is C10H8FN. The van der Waals surface area contributed by atoms with Crippen LogP contribution in [0.2, 0.25) is 0 Å². The molecule has 0 amide bonds. The van der Waals surface area contributed by atoms with Gasteiger partial charge in [0.25, 0.3) is 0 Å². The topological polar surface area (TPSA) is 23.8 Å². The highest BCUT2D eigenvalue weighted by molar-refractivity contribution is 5.76. The van der Waals surface area contributed by atoms with Crippen molar-refractivity contribution in [3.63, 3.8) is 0 Å². The van der Waals surface area contributed by atoms with Crippen LogP contribution >= 0.6 is 0 Å². The molecule has 0 atom stereocenters. The maximum absolute atomic E-state index is 12.5. The summed E-state index contributed by atoms with van der Waals surface area (Å²) in [5, 5.41) is 8.64. The summed E-state index contributed by atoms with van der Waals surface area (Å²) in [5.41, 5.74) is 1.32. The lowest BCUT2D eigenvalue weighted by Crippen LogP contribution is -1.80. The van der Waals surface area contributed by atoms with Gasteiger partial charge in [-0.25, -0.2) is 4.39 Å². The number of hydrogen-bond donors (Lipinski definition) is 0. The molecule has 0 N–H and O–H groups in total. The Labute approximate surface area is 70.8 Å². The molecule has 0 saturated carbocycles. The average Bonchev–Trinajstić information content (AvgIpc) is 2.10. The van der Waals surface area contributed by atoms with E-state index in [1.54, 1.807) is 25.1 Å². The van der Waals surface area contributed by atoms with Crippen LogP contribution in [0.25, 0.3) is 5.57 Å². The maximum atomic E-state index is 12.5. The number of hydrogen-bond acceptors (Lipinski definition) is 1. The molecule has 0 saturated heterocycles. The minimum absolute atomic E-state index is 0.285. The quantitative estimate of drug-likeness (QED) is 0.581. The summed E-state index contributed by atoms with van der Waals surface area (Å²) in [6, 6.07) is 7.90. The molecule has 0 aromatic heterocycles. The molecule has 0 aliphatic carbocycles. The van der Waals surface area contributed by atoms with Crippen molar-refractivity contribution < 1.29 is 4.39 Å². The Balaban J connectivity index is 3.06. The fraction of sp³-hybridized carbons (Fsp3) is 0.100. The van der Waals surface area contributed by atoms with Gasteiger partial charge in [0.2, 0.25) is 0 Å². The van der Waals surface area contributed by atoms with Gasteiger partial charge in [0.1, 0.15) is 5.82 Å². The molecule has 0 aliphatic rings. The predicted molar refractivity (Wildman–Crippen MR) is 45.7 cm³/mol. The molecule has 0 aliphatic heterocycles. The molecule has 1 nitrogen and oxygen atoms in total. The lowest BCUT2D eigenvalue weighted by atomic mass is 10.1. The number of nitriles is 1. The van der Waals surface area contributed by atoms with Crippen molar-refractivity contribution in [3.05, 3.63) is 41.7 Å². The minimum Gasteiger partial charge on any atom is -0.207 e. The predicted octanol–water partition coefficient (Wildman–Crippen LogP) is 2.75. The van der Waals surface area contributed by atoms with E-state index in [4.69, 9.17) is 5.26 Å². The standard InChI is InChI=1S/C10H8FN/c1-2-8(7-12)9-3-5-10(11)6-4-9/h2-6H,1H3/b8-2-. The molecule has 1 aromatic rings. The first-order valence-corrected chi connectivity index (χ1v) is 3.60. The number of benzene rings is 1. The second kappa shape index (κ2) is 3.68. The largest absolute Gasteiger partial charge is 0.207 e. The Morgan fingerprint density at radius 3 is 2.42 bits per heavy atom. The van der Waals surface area contributed by atoms with Crippen LogP contribution in [0.4, 0.5) is 4.39 Å². The van der Waals surface area contributed by atoms with E-state index in [0.717, 1.165) is 5.56 Å². The fourth-order valence-electron chi connectivity index (χ4n) is 0.925. The molecule has 0 radical (unpaired) electrons. The summed E-state index contributed by atoms with van der Waals surface area (Å²) in [6.45, 7) is 1.78. The normalized spacial score (nSPS) is 10.9. The van der Waals surface area contributed by atoms with Gasteiger partial charge in [-0.1, -0.05) is 18.2 Å². The van der Waals surface area contributed by atoms with E-state index in [1.807, 2.05) is 6.07 Å². The smallest absolute Gasteiger partial charge is 0.123 e. The lowest BCUT2D eigenvalue weighted by Gasteiger charge is -1.96.